The molecule has 2 heterocycles. The molecule has 26 heavy (non-hydrogen) atoms. The van der Waals surface area contributed by atoms with Gasteiger partial charge in [-0.05, 0) is 25.3 Å². The van der Waals surface area contributed by atoms with Crippen LogP contribution in [-0.4, -0.2) is 46.5 Å². The minimum absolute atomic E-state index is 0.0469. The maximum Gasteiger partial charge on any atom is 0.276 e. The van der Waals surface area contributed by atoms with Crippen molar-refractivity contribution in [3.05, 3.63) is 53.4 Å². The topological polar surface area (TPSA) is 49.6 Å². The third kappa shape index (κ3) is 4.15. The Morgan fingerprint density at radius 1 is 1.35 bits per heavy atom. The third-order valence-electron chi connectivity index (χ3n) is 5.40. The van der Waals surface area contributed by atoms with Crippen molar-refractivity contribution < 1.29 is 9.32 Å². The lowest BCUT2D eigenvalue weighted by atomic mass is 9.96. The van der Waals surface area contributed by atoms with Gasteiger partial charge in [-0.25, -0.2) is 0 Å². The Hall–Kier alpha value is -2.14. The minimum Gasteiger partial charge on any atom is -0.360 e. The Balaban J connectivity index is 1.59. The van der Waals surface area contributed by atoms with E-state index in [1.54, 1.807) is 6.07 Å². The Bertz CT molecular complexity index is 726. The molecule has 1 saturated heterocycles. The Kier molecular flexibility index (Phi) is 5.77. The number of hydrogen-bond donors (Lipinski definition) is 0. The highest BCUT2D eigenvalue weighted by Gasteiger charge is 2.31. The van der Waals surface area contributed by atoms with E-state index in [1.165, 1.54) is 5.56 Å². The molecule has 1 aliphatic rings. The van der Waals surface area contributed by atoms with Gasteiger partial charge in [0.2, 0.25) is 0 Å². The van der Waals surface area contributed by atoms with Gasteiger partial charge < -0.3 is 9.42 Å². The Morgan fingerprint density at radius 3 is 2.69 bits per heavy atom. The number of rotatable bonds is 5. The van der Waals surface area contributed by atoms with E-state index in [-0.39, 0.29) is 17.9 Å². The molecule has 2 atom stereocenters. The van der Waals surface area contributed by atoms with Crippen molar-refractivity contribution in [2.75, 3.05) is 13.6 Å². The third-order valence-corrected chi connectivity index (χ3v) is 5.40. The van der Waals surface area contributed by atoms with E-state index >= 15 is 0 Å². The van der Waals surface area contributed by atoms with Crippen molar-refractivity contribution >= 4 is 5.91 Å². The number of amides is 1. The first-order chi connectivity index (χ1) is 12.5. The zero-order chi connectivity index (χ0) is 18.7. The molecule has 1 aromatic heterocycles. The SMILES string of the molecule is CC(C)c1cc(C(=O)N(C)[C@@H]2CCN(Cc3ccccc3)[C@@H](C)C2)no1. The molecule has 3 rings (SSSR count). The molecule has 1 amide bonds. The van der Waals surface area contributed by atoms with E-state index in [1.807, 2.05) is 31.9 Å². The fourth-order valence-corrected chi connectivity index (χ4v) is 3.61. The van der Waals surface area contributed by atoms with Crippen molar-refractivity contribution in [3.8, 4) is 0 Å². The molecule has 1 aromatic carbocycles. The number of piperidine rings is 1. The van der Waals surface area contributed by atoms with Gasteiger partial charge >= 0.3 is 0 Å². The van der Waals surface area contributed by atoms with Crippen LogP contribution in [0.3, 0.4) is 0 Å². The highest BCUT2D eigenvalue weighted by Crippen LogP contribution is 2.24. The van der Waals surface area contributed by atoms with Crippen LogP contribution in [0.5, 0.6) is 0 Å². The summed E-state index contributed by atoms with van der Waals surface area (Å²) < 4.78 is 5.28. The lowest BCUT2D eigenvalue weighted by molar-refractivity contribution is 0.0530. The summed E-state index contributed by atoms with van der Waals surface area (Å²) >= 11 is 0. The second-order valence-electron chi connectivity index (χ2n) is 7.67. The summed E-state index contributed by atoms with van der Waals surface area (Å²) in [7, 11) is 1.89. The van der Waals surface area contributed by atoms with Crippen LogP contribution >= 0.6 is 0 Å². The maximum absolute atomic E-state index is 12.7. The van der Waals surface area contributed by atoms with E-state index in [9.17, 15) is 4.79 Å². The zero-order valence-corrected chi connectivity index (χ0v) is 16.2. The van der Waals surface area contributed by atoms with E-state index in [0.29, 0.717) is 11.7 Å². The fourth-order valence-electron chi connectivity index (χ4n) is 3.61. The minimum atomic E-state index is -0.0469. The summed E-state index contributed by atoms with van der Waals surface area (Å²) in [6.45, 7) is 8.27. The Morgan fingerprint density at radius 2 is 2.08 bits per heavy atom. The molecule has 0 unspecified atom stereocenters. The first-order valence-electron chi connectivity index (χ1n) is 9.47. The first kappa shape index (κ1) is 18.6. The normalized spacial score (nSPS) is 21.1. The van der Waals surface area contributed by atoms with Gasteiger partial charge in [-0.15, -0.1) is 0 Å². The van der Waals surface area contributed by atoms with Crippen LogP contribution in [0, 0.1) is 0 Å². The van der Waals surface area contributed by atoms with Gasteiger partial charge in [0.05, 0.1) is 0 Å². The molecule has 5 heteroatoms. The maximum atomic E-state index is 12.7. The molecule has 0 radical (unpaired) electrons. The summed E-state index contributed by atoms with van der Waals surface area (Å²) in [5.41, 5.74) is 1.75. The number of benzene rings is 1. The quantitative estimate of drug-likeness (QED) is 0.815. The lowest BCUT2D eigenvalue weighted by Gasteiger charge is -2.41. The number of likely N-dealkylation sites (tertiary alicyclic amines) is 1. The van der Waals surface area contributed by atoms with Gasteiger partial charge in [0, 0.05) is 44.2 Å². The molecular formula is C21H29N3O2. The predicted octanol–water partition coefficient (Wildman–Crippen LogP) is 3.92. The van der Waals surface area contributed by atoms with Crippen molar-refractivity contribution in [2.24, 2.45) is 0 Å². The van der Waals surface area contributed by atoms with Crippen LogP contribution in [0.15, 0.2) is 40.9 Å². The fraction of sp³-hybridized carbons (Fsp3) is 0.524. The molecule has 5 nitrogen and oxygen atoms in total. The van der Waals surface area contributed by atoms with Gasteiger partial charge in [0.1, 0.15) is 5.76 Å². The summed E-state index contributed by atoms with van der Waals surface area (Å²) in [5.74, 6) is 0.942. The molecule has 1 fully saturated rings. The molecule has 0 aliphatic carbocycles. The number of aromatic nitrogens is 1. The molecule has 140 valence electrons. The Labute approximate surface area is 156 Å². The van der Waals surface area contributed by atoms with Gasteiger partial charge in [0.25, 0.3) is 5.91 Å². The average molecular weight is 355 g/mol. The largest absolute Gasteiger partial charge is 0.360 e. The second kappa shape index (κ2) is 8.04. The van der Waals surface area contributed by atoms with Crippen LogP contribution in [0.25, 0.3) is 0 Å². The summed E-state index contributed by atoms with van der Waals surface area (Å²) in [6.07, 6.45) is 1.96. The second-order valence-corrected chi connectivity index (χ2v) is 7.67. The highest BCUT2D eigenvalue weighted by atomic mass is 16.5. The number of carbonyl (C=O) groups is 1. The first-order valence-corrected chi connectivity index (χ1v) is 9.47. The van der Waals surface area contributed by atoms with Gasteiger partial charge in [-0.3, -0.25) is 9.69 Å². The van der Waals surface area contributed by atoms with Gasteiger partial charge in [-0.2, -0.15) is 0 Å². The lowest BCUT2D eigenvalue weighted by Crippen LogP contribution is -2.49. The van der Waals surface area contributed by atoms with E-state index in [0.717, 1.165) is 31.7 Å². The smallest absolute Gasteiger partial charge is 0.276 e. The van der Waals surface area contributed by atoms with Gasteiger partial charge in [-0.1, -0.05) is 49.3 Å². The summed E-state index contributed by atoms with van der Waals surface area (Å²) in [6, 6.07) is 13.0. The van der Waals surface area contributed by atoms with Gasteiger partial charge in [0.15, 0.2) is 5.69 Å². The zero-order valence-electron chi connectivity index (χ0n) is 16.2. The molecule has 1 aliphatic heterocycles. The monoisotopic (exact) mass is 355 g/mol. The summed E-state index contributed by atoms with van der Waals surface area (Å²) in [4.78, 5) is 17.1. The van der Waals surface area contributed by atoms with E-state index in [2.05, 4.69) is 41.2 Å². The van der Waals surface area contributed by atoms with Crippen molar-refractivity contribution in [1.82, 2.24) is 15.0 Å². The van der Waals surface area contributed by atoms with Crippen LogP contribution in [0.4, 0.5) is 0 Å². The average Bonchev–Trinajstić information content (AvgIpc) is 3.13. The van der Waals surface area contributed by atoms with Crippen LogP contribution in [-0.2, 0) is 6.54 Å². The van der Waals surface area contributed by atoms with Crippen molar-refractivity contribution in [3.63, 3.8) is 0 Å². The van der Waals surface area contributed by atoms with Crippen molar-refractivity contribution in [1.29, 1.82) is 0 Å². The number of hydrogen-bond acceptors (Lipinski definition) is 4. The van der Waals surface area contributed by atoms with Crippen molar-refractivity contribution in [2.45, 2.75) is 58.2 Å². The molecule has 0 spiro atoms. The molecule has 0 saturated carbocycles. The van der Waals surface area contributed by atoms with Crippen LogP contribution in [0.2, 0.25) is 0 Å². The number of carbonyl (C=O) groups excluding carboxylic acids is 1. The predicted molar refractivity (Wildman–Crippen MR) is 102 cm³/mol. The molecule has 0 N–H and O–H groups in total. The molecule has 2 aromatic rings. The van der Waals surface area contributed by atoms with Crippen LogP contribution in [0.1, 0.15) is 61.3 Å². The number of nitrogens with zero attached hydrogens (tertiary/aromatic N) is 3. The molecular weight excluding hydrogens is 326 g/mol. The molecule has 0 bridgehead atoms. The van der Waals surface area contributed by atoms with E-state index in [4.69, 9.17) is 4.52 Å². The standard InChI is InChI=1S/C21H29N3O2/c1-15(2)20-13-19(22-26-20)21(25)23(4)18-10-11-24(16(3)12-18)14-17-8-6-5-7-9-17/h5-9,13,15-16,18H,10-12,14H2,1-4H3/t16-,18+/m0/s1. The van der Waals surface area contributed by atoms with E-state index < -0.39 is 0 Å². The highest BCUT2D eigenvalue weighted by molar-refractivity contribution is 5.92. The summed E-state index contributed by atoms with van der Waals surface area (Å²) in [5, 5.41) is 3.97. The van der Waals surface area contributed by atoms with Crippen LogP contribution < -0.4 is 0 Å².